The number of rotatable bonds is 10. The van der Waals surface area contributed by atoms with Gasteiger partial charge in [0.2, 0.25) is 0 Å². The first kappa shape index (κ1) is 20.9. The average molecular weight is 418 g/mol. The predicted octanol–water partition coefficient (Wildman–Crippen LogP) is 4.71. The number of fused-ring (bicyclic) bond motifs is 3. The number of pyridine rings is 2. The fourth-order valence-corrected chi connectivity index (χ4v) is 3.97. The van der Waals surface area contributed by atoms with Crippen LogP contribution in [0.5, 0.6) is 5.75 Å². The quantitative estimate of drug-likeness (QED) is 0.364. The van der Waals surface area contributed by atoms with Crippen LogP contribution in [0.1, 0.15) is 24.5 Å². The third kappa shape index (κ3) is 4.70. The highest BCUT2D eigenvalue weighted by molar-refractivity contribution is 6.04. The van der Waals surface area contributed by atoms with Crippen LogP contribution in [0.25, 0.3) is 22.0 Å². The number of carbonyl (C=O) groups is 1. The SMILES string of the molecule is CCOC(Cc1ccc(OCCCc2c3[nH]cccc-3c3ccncc23)cc1)C(=O)O. The van der Waals surface area contributed by atoms with Crippen molar-refractivity contribution in [3.05, 3.63) is 72.2 Å². The molecule has 0 bridgehead atoms. The molecule has 31 heavy (non-hydrogen) atoms. The molecule has 160 valence electrons. The van der Waals surface area contributed by atoms with Gasteiger partial charge in [0, 0.05) is 48.3 Å². The number of aromatic amines is 1. The Labute approximate surface area is 181 Å². The van der Waals surface area contributed by atoms with E-state index in [2.05, 4.69) is 22.1 Å². The van der Waals surface area contributed by atoms with Crippen LogP contribution in [0.2, 0.25) is 0 Å². The highest BCUT2D eigenvalue weighted by Gasteiger charge is 2.18. The van der Waals surface area contributed by atoms with Crippen LogP contribution < -0.4 is 4.74 Å². The fourth-order valence-electron chi connectivity index (χ4n) is 3.97. The summed E-state index contributed by atoms with van der Waals surface area (Å²) in [5, 5.41) is 11.6. The molecule has 2 aromatic rings. The normalized spacial score (nSPS) is 12.3. The molecule has 6 nitrogen and oxygen atoms in total. The number of nitrogens with one attached hydrogen (secondary N) is 1. The summed E-state index contributed by atoms with van der Waals surface area (Å²) in [5.41, 5.74) is 4.56. The maximum absolute atomic E-state index is 11.2. The predicted molar refractivity (Wildman–Crippen MR) is 120 cm³/mol. The van der Waals surface area contributed by atoms with Crippen molar-refractivity contribution in [2.45, 2.75) is 32.3 Å². The van der Waals surface area contributed by atoms with Gasteiger partial charge in [0.1, 0.15) is 5.75 Å². The van der Waals surface area contributed by atoms with Crippen molar-refractivity contribution < 1.29 is 19.4 Å². The first-order valence-electron chi connectivity index (χ1n) is 10.5. The Hall–Kier alpha value is -3.38. The molecule has 1 unspecified atom stereocenters. The first-order chi connectivity index (χ1) is 15.2. The van der Waals surface area contributed by atoms with Gasteiger partial charge in [0.05, 0.1) is 6.61 Å². The molecule has 0 fully saturated rings. The minimum absolute atomic E-state index is 0.338. The lowest BCUT2D eigenvalue weighted by Gasteiger charge is -2.13. The Bertz CT molecular complexity index is 1120. The summed E-state index contributed by atoms with van der Waals surface area (Å²) in [4.78, 5) is 18.9. The van der Waals surface area contributed by atoms with Gasteiger partial charge in [-0.2, -0.15) is 0 Å². The summed E-state index contributed by atoms with van der Waals surface area (Å²) in [6, 6.07) is 13.8. The van der Waals surface area contributed by atoms with Gasteiger partial charge < -0.3 is 19.6 Å². The molecule has 1 aromatic carbocycles. The molecule has 1 aliphatic heterocycles. The molecule has 6 heteroatoms. The topological polar surface area (TPSA) is 84.4 Å². The molecule has 1 aliphatic carbocycles. The van der Waals surface area contributed by atoms with Crippen LogP contribution in [0.3, 0.4) is 0 Å². The summed E-state index contributed by atoms with van der Waals surface area (Å²) in [6.07, 6.45) is 7.00. The number of aliphatic carboxylic acids is 1. The van der Waals surface area contributed by atoms with Gasteiger partial charge in [-0.3, -0.25) is 4.98 Å². The number of hydrogen-bond donors (Lipinski definition) is 2. The van der Waals surface area contributed by atoms with E-state index in [1.54, 1.807) is 6.92 Å². The van der Waals surface area contributed by atoms with E-state index in [0.29, 0.717) is 19.6 Å². The van der Waals surface area contributed by atoms with Gasteiger partial charge >= 0.3 is 5.97 Å². The average Bonchev–Trinajstić information content (AvgIpc) is 3.11. The van der Waals surface area contributed by atoms with Crippen molar-refractivity contribution in [2.75, 3.05) is 13.2 Å². The molecular weight excluding hydrogens is 392 g/mol. The second kappa shape index (κ2) is 9.62. The van der Waals surface area contributed by atoms with Gasteiger partial charge in [-0.25, -0.2) is 4.79 Å². The molecule has 0 spiro atoms. The number of H-pyrrole nitrogens is 1. The summed E-state index contributed by atoms with van der Waals surface area (Å²) in [6.45, 7) is 2.76. The van der Waals surface area contributed by atoms with E-state index in [0.717, 1.165) is 29.8 Å². The zero-order valence-corrected chi connectivity index (χ0v) is 17.5. The van der Waals surface area contributed by atoms with Crippen molar-refractivity contribution in [3.8, 4) is 17.0 Å². The summed E-state index contributed by atoms with van der Waals surface area (Å²) in [7, 11) is 0. The number of aryl methyl sites for hydroxylation is 1. The molecule has 4 rings (SSSR count). The van der Waals surface area contributed by atoms with E-state index < -0.39 is 12.1 Å². The number of hydrogen-bond acceptors (Lipinski definition) is 4. The fraction of sp³-hybridized carbons (Fsp3) is 0.280. The number of carboxylic acid groups (broad SMARTS) is 1. The number of benzene rings is 1. The Kier molecular flexibility index (Phi) is 6.48. The smallest absolute Gasteiger partial charge is 0.333 e. The number of nitrogens with zero attached hydrogens (tertiary/aromatic N) is 1. The number of aromatic nitrogens is 2. The lowest BCUT2D eigenvalue weighted by Crippen LogP contribution is -2.26. The van der Waals surface area contributed by atoms with Crippen molar-refractivity contribution >= 4 is 16.7 Å². The lowest BCUT2D eigenvalue weighted by atomic mass is 10.1. The van der Waals surface area contributed by atoms with Gasteiger partial charge in [-0.1, -0.05) is 18.2 Å². The summed E-state index contributed by atoms with van der Waals surface area (Å²) >= 11 is 0. The summed E-state index contributed by atoms with van der Waals surface area (Å²) < 4.78 is 11.2. The highest BCUT2D eigenvalue weighted by Crippen LogP contribution is 2.37. The van der Waals surface area contributed by atoms with E-state index >= 15 is 0 Å². The lowest BCUT2D eigenvalue weighted by molar-refractivity contribution is -0.149. The molecule has 2 N–H and O–H groups in total. The molecule has 0 amide bonds. The van der Waals surface area contributed by atoms with E-state index in [1.807, 2.05) is 48.9 Å². The van der Waals surface area contributed by atoms with Crippen LogP contribution in [0.4, 0.5) is 0 Å². The van der Waals surface area contributed by atoms with E-state index in [-0.39, 0.29) is 0 Å². The Morgan fingerprint density at radius 3 is 2.77 bits per heavy atom. The molecule has 2 heterocycles. The molecule has 1 atom stereocenters. The Morgan fingerprint density at radius 2 is 2.00 bits per heavy atom. The first-order valence-corrected chi connectivity index (χ1v) is 10.5. The van der Waals surface area contributed by atoms with Gasteiger partial charge in [0.25, 0.3) is 0 Å². The summed E-state index contributed by atoms with van der Waals surface area (Å²) in [5.74, 6) is -0.167. The van der Waals surface area contributed by atoms with E-state index in [9.17, 15) is 9.90 Å². The van der Waals surface area contributed by atoms with Crippen molar-refractivity contribution in [2.24, 2.45) is 0 Å². The minimum Gasteiger partial charge on any atom is -0.494 e. The van der Waals surface area contributed by atoms with Crippen molar-refractivity contribution in [1.29, 1.82) is 0 Å². The molecule has 0 radical (unpaired) electrons. The molecule has 1 aromatic heterocycles. The van der Waals surface area contributed by atoms with Crippen LogP contribution in [-0.2, 0) is 22.4 Å². The minimum atomic E-state index is -0.942. The second-order valence-corrected chi connectivity index (χ2v) is 7.44. The van der Waals surface area contributed by atoms with E-state index in [4.69, 9.17) is 9.47 Å². The monoisotopic (exact) mass is 418 g/mol. The van der Waals surface area contributed by atoms with Gasteiger partial charge in [-0.05, 0) is 60.5 Å². The molecular formula is C25H26N2O4. The Balaban J connectivity index is 1.35. The van der Waals surface area contributed by atoms with Crippen LogP contribution in [-0.4, -0.2) is 40.4 Å². The molecule has 0 saturated heterocycles. The second-order valence-electron chi connectivity index (χ2n) is 7.44. The standard InChI is InChI=1S/C25H26N2O4/c1-2-30-23(25(28)29)15-17-7-9-18(10-8-17)31-14-4-6-21-22-16-26-13-11-19(22)20-5-3-12-27-24(20)21/h3,5,7-13,16,23,27H,2,4,6,14-15H2,1H3,(H,28,29). The Morgan fingerprint density at radius 1 is 1.16 bits per heavy atom. The third-order valence-electron chi connectivity index (χ3n) is 5.42. The van der Waals surface area contributed by atoms with Gasteiger partial charge in [-0.15, -0.1) is 0 Å². The maximum atomic E-state index is 11.2. The van der Waals surface area contributed by atoms with Gasteiger partial charge in [0.15, 0.2) is 6.10 Å². The van der Waals surface area contributed by atoms with Crippen molar-refractivity contribution in [3.63, 3.8) is 0 Å². The third-order valence-corrected chi connectivity index (χ3v) is 5.42. The zero-order chi connectivity index (χ0) is 21.6. The van der Waals surface area contributed by atoms with E-state index in [1.165, 1.54) is 21.9 Å². The number of carboxylic acids is 1. The highest BCUT2D eigenvalue weighted by atomic mass is 16.5. The zero-order valence-electron chi connectivity index (χ0n) is 17.5. The van der Waals surface area contributed by atoms with Crippen LogP contribution >= 0.6 is 0 Å². The number of ether oxygens (including phenoxy) is 2. The molecule has 2 aliphatic rings. The largest absolute Gasteiger partial charge is 0.494 e. The van der Waals surface area contributed by atoms with Crippen LogP contribution in [0.15, 0.2) is 61.1 Å². The maximum Gasteiger partial charge on any atom is 0.333 e. The van der Waals surface area contributed by atoms with Crippen molar-refractivity contribution in [1.82, 2.24) is 9.97 Å². The molecule has 0 saturated carbocycles. The van der Waals surface area contributed by atoms with Crippen LogP contribution in [0, 0.1) is 0 Å².